The molecule has 2 rings (SSSR count). The van der Waals surface area contributed by atoms with Crippen LogP contribution in [0.5, 0.6) is 0 Å². The summed E-state index contributed by atoms with van der Waals surface area (Å²) in [5.41, 5.74) is 0. The molecule has 1 amide bonds. The zero-order valence-electron chi connectivity index (χ0n) is 8.19. The molecule has 0 N–H and O–H groups in total. The van der Waals surface area contributed by atoms with Gasteiger partial charge in [-0.05, 0) is 18.9 Å². The Kier molecular flexibility index (Phi) is 2.15. The van der Waals surface area contributed by atoms with E-state index in [0.29, 0.717) is 11.8 Å². The lowest BCUT2D eigenvalue weighted by atomic mass is 10.0. The minimum atomic E-state index is -0.169. The summed E-state index contributed by atoms with van der Waals surface area (Å²) < 4.78 is 4.70. The van der Waals surface area contributed by atoms with E-state index in [1.54, 1.807) is 0 Å². The third kappa shape index (κ3) is 1.50. The average Bonchev–Trinajstić information content (AvgIpc) is 2.59. The van der Waals surface area contributed by atoms with E-state index in [9.17, 15) is 4.79 Å². The van der Waals surface area contributed by atoms with Gasteiger partial charge in [0, 0.05) is 26.2 Å². The molecule has 2 aliphatic heterocycles. The third-order valence-corrected chi connectivity index (χ3v) is 3.10. The van der Waals surface area contributed by atoms with Gasteiger partial charge in [-0.2, -0.15) is 0 Å². The molecule has 0 spiro atoms. The number of amides is 1. The Hall–Kier alpha value is -0.770. The predicted octanol–water partition coefficient (Wildman–Crippen LogP) is 0.246. The molecule has 0 aromatic carbocycles. The summed E-state index contributed by atoms with van der Waals surface area (Å²) in [7, 11) is 3.59. The maximum absolute atomic E-state index is 11.2. The first-order chi connectivity index (χ1) is 6.20. The Morgan fingerprint density at radius 1 is 1.23 bits per heavy atom. The van der Waals surface area contributed by atoms with Crippen LogP contribution in [0.1, 0.15) is 0 Å². The third-order valence-electron chi connectivity index (χ3n) is 3.10. The van der Waals surface area contributed by atoms with E-state index in [0.717, 1.165) is 26.2 Å². The van der Waals surface area contributed by atoms with Crippen molar-refractivity contribution in [3.63, 3.8) is 0 Å². The van der Waals surface area contributed by atoms with Gasteiger partial charge in [0.2, 0.25) is 0 Å². The summed E-state index contributed by atoms with van der Waals surface area (Å²) >= 11 is 0. The van der Waals surface area contributed by atoms with Gasteiger partial charge in [-0.15, -0.1) is 0 Å². The van der Waals surface area contributed by atoms with E-state index < -0.39 is 0 Å². The van der Waals surface area contributed by atoms with Crippen LogP contribution in [0.25, 0.3) is 0 Å². The van der Waals surface area contributed by atoms with Crippen LogP contribution in [-0.4, -0.2) is 56.2 Å². The summed E-state index contributed by atoms with van der Waals surface area (Å²) in [5, 5.41) is 0. The van der Waals surface area contributed by atoms with Crippen LogP contribution in [0.15, 0.2) is 0 Å². The minimum Gasteiger partial charge on any atom is -0.453 e. The first-order valence-corrected chi connectivity index (χ1v) is 4.72. The van der Waals surface area contributed by atoms with Crippen LogP contribution in [0, 0.1) is 11.8 Å². The molecule has 0 unspecified atom stereocenters. The topological polar surface area (TPSA) is 32.8 Å². The number of hydrogen-bond acceptors (Lipinski definition) is 3. The highest BCUT2D eigenvalue weighted by atomic mass is 16.5. The summed E-state index contributed by atoms with van der Waals surface area (Å²) in [4.78, 5) is 15.4. The lowest BCUT2D eigenvalue weighted by Gasteiger charge is -2.17. The first kappa shape index (κ1) is 8.81. The van der Waals surface area contributed by atoms with E-state index in [-0.39, 0.29) is 6.09 Å². The van der Waals surface area contributed by atoms with Gasteiger partial charge in [0.25, 0.3) is 0 Å². The fourth-order valence-corrected chi connectivity index (χ4v) is 2.51. The number of carbonyl (C=O) groups is 1. The smallest absolute Gasteiger partial charge is 0.409 e. The van der Waals surface area contributed by atoms with Crippen molar-refractivity contribution in [2.75, 3.05) is 40.3 Å². The molecule has 0 saturated carbocycles. The maximum atomic E-state index is 11.2. The molecule has 0 aromatic rings. The predicted molar refractivity (Wildman–Crippen MR) is 48.5 cm³/mol. The zero-order chi connectivity index (χ0) is 9.42. The van der Waals surface area contributed by atoms with Crippen molar-refractivity contribution in [1.29, 1.82) is 0 Å². The summed E-state index contributed by atoms with van der Waals surface area (Å²) in [6.45, 7) is 4.00. The van der Waals surface area contributed by atoms with Gasteiger partial charge in [0.1, 0.15) is 0 Å². The number of carbonyl (C=O) groups excluding carboxylic acids is 1. The van der Waals surface area contributed by atoms with Gasteiger partial charge in [0.15, 0.2) is 0 Å². The van der Waals surface area contributed by atoms with Crippen LogP contribution in [-0.2, 0) is 4.74 Å². The van der Waals surface area contributed by atoms with E-state index in [2.05, 4.69) is 11.9 Å². The van der Waals surface area contributed by atoms with Crippen molar-refractivity contribution in [3.05, 3.63) is 0 Å². The molecule has 2 atom stereocenters. The second-order valence-electron chi connectivity index (χ2n) is 4.12. The second-order valence-corrected chi connectivity index (χ2v) is 4.12. The lowest BCUT2D eigenvalue weighted by Crippen LogP contribution is -2.32. The van der Waals surface area contributed by atoms with Crippen molar-refractivity contribution >= 4 is 6.09 Å². The second kappa shape index (κ2) is 3.18. The van der Waals surface area contributed by atoms with E-state index in [4.69, 9.17) is 4.74 Å². The number of nitrogens with zero attached hydrogens (tertiary/aromatic N) is 2. The van der Waals surface area contributed by atoms with Crippen LogP contribution < -0.4 is 0 Å². The van der Waals surface area contributed by atoms with Crippen molar-refractivity contribution in [2.24, 2.45) is 11.8 Å². The minimum absolute atomic E-state index is 0.169. The molecule has 0 aliphatic carbocycles. The van der Waals surface area contributed by atoms with Crippen LogP contribution in [0.4, 0.5) is 4.79 Å². The average molecular weight is 184 g/mol. The Bertz CT molecular complexity index is 206. The van der Waals surface area contributed by atoms with Crippen LogP contribution >= 0.6 is 0 Å². The van der Waals surface area contributed by atoms with E-state index in [1.807, 2.05) is 4.90 Å². The summed E-state index contributed by atoms with van der Waals surface area (Å²) in [6.07, 6.45) is -0.169. The molecule has 13 heavy (non-hydrogen) atoms. The van der Waals surface area contributed by atoms with Gasteiger partial charge in [-0.25, -0.2) is 4.79 Å². The monoisotopic (exact) mass is 184 g/mol. The number of fused-ring (bicyclic) bond motifs is 1. The quantitative estimate of drug-likeness (QED) is 0.541. The zero-order valence-corrected chi connectivity index (χ0v) is 8.19. The van der Waals surface area contributed by atoms with Gasteiger partial charge in [-0.1, -0.05) is 0 Å². The molecule has 4 heteroatoms. The van der Waals surface area contributed by atoms with Crippen LogP contribution in [0.3, 0.4) is 0 Å². The van der Waals surface area contributed by atoms with Crippen molar-refractivity contribution in [1.82, 2.24) is 9.80 Å². The van der Waals surface area contributed by atoms with Crippen LogP contribution in [0.2, 0.25) is 0 Å². The van der Waals surface area contributed by atoms with Gasteiger partial charge < -0.3 is 14.5 Å². The van der Waals surface area contributed by atoms with E-state index >= 15 is 0 Å². The molecule has 0 bridgehead atoms. The molecule has 2 fully saturated rings. The lowest BCUT2D eigenvalue weighted by molar-refractivity contribution is 0.128. The fraction of sp³-hybridized carbons (Fsp3) is 0.889. The highest BCUT2D eigenvalue weighted by molar-refractivity contribution is 5.67. The molecule has 74 valence electrons. The molecular weight excluding hydrogens is 168 g/mol. The number of hydrogen-bond donors (Lipinski definition) is 0. The molecule has 2 saturated heterocycles. The summed E-state index contributed by atoms with van der Waals surface area (Å²) in [5.74, 6) is 1.34. The molecule has 2 heterocycles. The highest BCUT2D eigenvalue weighted by Gasteiger charge is 2.40. The molecule has 4 nitrogen and oxygen atoms in total. The Morgan fingerprint density at radius 3 is 2.23 bits per heavy atom. The number of rotatable bonds is 0. The van der Waals surface area contributed by atoms with Crippen molar-refractivity contribution in [2.45, 2.75) is 0 Å². The van der Waals surface area contributed by atoms with Gasteiger partial charge >= 0.3 is 6.09 Å². The van der Waals surface area contributed by atoms with Crippen molar-refractivity contribution < 1.29 is 9.53 Å². The molecule has 0 aromatic heterocycles. The van der Waals surface area contributed by atoms with E-state index in [1.165, 1.54) is 7.11 Å². The molecular formula is C9H16N2O2. The number of likely N-dealkylation sites (tertiary alicyclic amines) is 2. The number of methoxy groups -OCH3 is 1. The molecule has 2 aliphatic rings. The molecule has 0 radical (unpaired) electrons. The number of ether oxygens (including phenoxy) is 1. The van der Waals surface area contributed by atoms with Crippen molar-refractivity contribution in [3.8, 4) is 0 Å². The fourth-order valence-electron chi connectivity index (χ4n) is 2.51. The summed E-state index contributed by atoms with van der Waals surface area (Å²) in [6, 6.07) is 0. The first-order valence-electron chi connectivity index (χ1n) is 4.72. The maximum Gasteiger partial charge on any atom is 0.409 e. The largest absolute Gasteiger partial charge is 0.453 e. The van der Waals surface area contributed by atoms with Gasteiger partial charge in [-0.3, -0.25) is 0 Å². The Labute approximate surface area is 78.4 Å². The SMILES string of the molecule is COC(=O)N1C[C@H]2CN(C)C[C@H]2C1. The highest BCUT2D eigenvalue weighted by Crippen LogP contribution is 2.30. The Balaban J connectivity index is 1.93. The Morgan fingerprint density at radius 2 is 1.77 bits per heavy atom. The standard InChI is InChI=1S/C9H16N2O2/c1-10-3-7-5-11(9(12)13-2)6-8(7)4-10/h7-8H,3-6H2,1-2H3/t7-,8+. The van der Waals surface area contributed by atoms with Gasteiger partial charge in [0.05, 0.1) is 7.11 Å². The normalized spacial score (nSPS) is 33.5.